The van der Waals surface area contributed by atoms with Crippen molar-refractivity contribution in [2.45, 2.75) is 38.0 Å². The number of halogens is 3. The lowest BCUT2D eigenvalue weighted by Crippen LogP contribution is -2.49. The van der Waals surface area contributed by atoms with Gasteiger partial charge in [-0.25, -0.2) is 9.97 Å². The fourth-order valence-corrected chi connectivity index (χ4v) is 4.35. The predicted molar refractivity (Wildman–Crippen MR) is 137 cm³/mol. The van der Waals surface area contributed by atoms with E-state index in [0.29, 0.717) is 17.7 Å². The number of benzene rings is 2. The highest BCUT2D eigenvalue weighted by atomic mass is 19.4. The second-order valence-corrected chi connectivity index (χ2v) is 9.76. The summed E-state index contributed by atoms with van der Waals surface area (Å²) < 4.78 is 39.4. The molecule has 202 valence electrons. The van der Waals surface area contributed by atoms with Crippen LogP contribution in [-0.4, -0.2) is 48.3 Å². The number of amides is 1. The first-order valence-electron chi connectivity index (χ1n) is 12.0. The quantitative estimate of drug-likeness (QED) is 0.235. The number of hydrogen-bond donors (Lipinski definition) is 5. The summed E-state index contributed by atoms with van der Waals surface area (Å²) in [4.78, 5) is 24.9. The Morgan fingerprint density at radius 3 is 2.56 bits per heavy atom. The number of aromatic amines is 1. The summed E-state index contributed by atoms with van der Waals surface area (Å²) in [5.41, 5.74) is 2.45. The Morgan fingerprint density at radius 2 is 1.87 bits per heavy atom. The normalized spacial score (nSPS) is 15.3. The van der Waals surface area contributed by atoms with Gasteiger partial charge in [-0.15, -0.1) is 0 Å². The van der Waals surface area contributed by atoms with E-state index in [1.54, 1.807) is 36.4 Å². The lowest BCUT2D eigenvalue weighted by Gasteiger charge is -2.32. The van der Waals surface area contributed by atoms with E-state index in [0.717, 1.165) is 11.1 Å². The largest absolute Gasteiger partial charge is 0.451 e. The second-order valence-electron chi connectivity index (χ2n) is 9.76. The molecule has 1 atom stereocenters. The molecular weight excluding hydrogens is 513 g/mol. The number of aliphatic hydroxyl groups excluding tert-OH is 1. The monoisotopic (exact) mass is 538 g/mol. The molecule has 10 nitrogen and oxygen atoms in total. The van der Waals surface area contributed by atoms with Gasteiger partial charge in [-0.05, 0) is 43.5 Å². The summed E-state index contributed by atoms with van der Waals surface area (Å²) in [7, 11) is 0. The van der Waals surface area contributed by atoms with Crippen molar-refractivity contribution in [3.8, 4) is 11.4 Å². The van der Waals surface area contributed by atoms with Crippen molar-refractivity contribution in [1.29, 1.82) is 0 Å². The molecule has 1 amide bonds. The molecular formula is C26H25F3N8O2. The minimum Gasteiger partial charge on any atom is -0.394 e. The van der Waals surface area contributed by atoms with Gasteiger partial charge in [-0.3, -0.25) is 9.89 Å². The van der Waals surface area contributed by atoms with Gasteiger partial charge in [0.15, 0.2) is 5.82 Å². The molecule has 0 spiro atoms. The maximum Gasteiger partial charge on any atom is 0.451 e. The molecule has 5 N–H and O–H groups in total. The maximum atomic E-state index is 13.1. The van der Waals surface area contributed by atoms with Crippen molar-refractivity contribution in [3.63, 3.8) is 0 Å². The fourth-order valence-electron chi connectivity index (χ4n) is 4.35. The van der Waals surface area contributed by atoms with Crippen LogP contribution in [0.4, 0.5) is 30.6 Å². The average Bonchev–Trinajstić information content (AvgIpc) is 3.39. The number of carbonyl (C=O) groups excluding carboxylic acids is 1. The number of carbonyl (C=O) groups is 1. The number of nitrogens with zero attached hydrogens (tertiary/aromatic N) is 4. The van der Waals surface area contributed by atoms with Gasteiger partial charge in [-0.1, -0.05) is 36.4 Å². The van der Waals surface area contributed by atoms with Crippen LogP contribution in [0, 0.1) is 0 Å². The molecule has 39 heavy (non-hydrogen) atoms. The smallest absolute Gasteiger partial charge is 0.394 e. The van der Waals surface area contributed by atoms with Crippen molar-refractivity contribution < 1.29 is 23.1 Å². The van der Waals surface area contributed by atoms with Crippen LogP contribution in [0.5, 0.6) is 0 Å². The zero-order valence-electron chi connectivity index (χ0n) is 21.0. The highest BCUT2D eigenvalue weighted by Gasteiger charge is 2.36. The third-order valence-corrected chi connectivity index (χ3v) is 6.17. The second kappa shape index (κ2) is 9.98. The van der Waals surface area contributed by atoms with Gasteiger partial charge in [0.2, 0.25) is 11.8 Å². The van der Waals surface area contributed by atoms with Gasteiger partial charge >= 0.3 is 6.18 Å². The van der Waals surface area contributed by atoms with Gasteiger partial charge < -0.3 is 21.1 Å². The Kier molecular flexibility index (Phi) is 6.68. The number of rotatable bonds is 7. The summed E-state index contributed by atoms with van der Waals surface area (Å²) >= 11 is 0. The molecule has 2 aromatic heterocycles. The molecule has 0 radical (unpaired) electrons. The van der Waals surface area contributed by atoms with Crippen molar-refractivity contribution in [1.82, 2.24) is 30.5 Å². The zero-order valence-corrected chi connectivity index (χ0v) is 21.0. The van der Waals surface area contributed by atoms with Crippen molar-refractivity contribution in [3.05, 3.63) is 77.2 Å². The van der Waals surface area contributed by atoms with Crippen molar-refractivity contribution >= 4 is 23.4 Å². The Hall–Kier alpha value is -4.52. The lowest BCUT2D eigenvalue weighted by molar-refractivity contribution is -0.144. The van der Waals surface area contributed by atoms with E-state index in [-0.39, 0.29) is 41.2 Å². The van der Waals surface area contributed by atoms with Crippen LogP contribution in [-0.2, 0) is 12.6 Å². The van der Waals surface area contributed by atoms with Crippen LogP contribution in [0.15, 0.2) is 54.7 Å². The van der Waals surface area contributed by atoms with E-state index in [1.807, 2.05) is 31.1 Å². The highest BCUT2D eigenvalue weighted by Crippen LogP contribution is 2.32. The number of anilines is 3. The predicted octanol–water partition coefficient (Wildman–Crippen LogP) is 4.23. The van der Waals surface area contributed by atoms with Crippen molar-refractivity contribution in [2.24, 2.45) is 0 Å². The number of aliphatic hydroxyl groups is 1. The topological polar surface area (TPSA) is 141 Å². The minimum absolute atomic E-state index is 0.0914. The number of nitrogens with one attached hydrogen (secondary N) is 4. The van der Waals surface area contributed by atoms with Crippen LogP contribution in [0.25, 0.3) is 11.4 Å². The molecule has 13 heteroatoms. The summed E-state index contributed by atoms with van der Waals surface area (Å²) in [6.45, 7) is 3.57. The number of alkyl halides is 3. The number of hydrogen-bond acceptors (Lipinski definition) is 8. The SMILES string of the molecule is CC1(C)Cc2ccc(Nc3ncc(-c4n[nH]c(C(F)(F)F)n4)c(N[C@H](CO)c4ccccc4)n3)cc2C(=O)N1. The van der Waals surface area contributed by atoms with Gasteiger partial charge in [0, 0.05) is 23.0 Å². The first-order valence-corrected chi connectivity index (χ1v) is 12.0. The van der Waals surface area contributed by atoms with E-state index in [1.165, 1.54) is 6.20 Å². The molecule has 3 heterocycles. The lowest BCUT2D eigenvalue weighted by atomic mass is 9.87. The van der Waals surface area contributed by atoms with Gasteiger partial charge in [-0.2, -0.15) is 23.3 Å². The Bertz CT molecular complexity index is 1500. The first kappa shape index (κ1) is 26.1. The Morgan fingerprint density at radius 1 is 1.10 bits per heavy atom. The Balaban J connectivity index is 1.49. The zero-order chi connectivity index (χ0) is 27.8. The molecule has 2 aromatic carbocycles. The molecule has 1 aliphatic rings. The van der Waals surface area contributed by atoms with Crippen LogP contribution >= 0.6 is 0 Å². The molecule has 5 rings (SSSR count). The number of H-pyrrole nitrogens is 1. The molecule has 0 fully saturated rings. The number of fused-ring (bicyclic) bond motifs is 1. The van der Waals surface area contributed by atoms with Crippen LogP contribution in [0.3, 0.4) is 0 Å². The van der Waals surface area contributed by atoms with Crippen LogP contribution in [0.1, 0.15) is 47.2 Å². The van der Waals surface area contributed by atoms with E-state index in [9.17, 15) is 23.1 Å². The van der Waals surface area contributed by atoms with E-state index in [4.69, 9.17) is 0 Å². The highest BCUT2D eigenvalue weighted by molar-refractivity contribution is 5.98. The summed E-state index contributed by atoms with van der Waals surface area (Å²) in [6, 6.07) is 13.7. The molecule has 4 aromatic rings. The average molecular weight is 539 g/mol. The first-order chi connectivity index (χ1) is 18.5. The third-order valence-electron chi connectivity index (χ3n) is 6.17. The molecule has 0 unspecified atom stereocenters. The summed E-state index contributed by atoms with van der Waals surface area (Å²) in [6.07, 6.45) is -2.76. The standard InChI is InChI=1S/C26H25F3N8O2/c1-25(2)11-15-8-9-16(10-17(15)22(39)35-25)31-24-30-12-18(21-33-23(37-36-21)26(27,28)29)20(34-24)32-19(13-38)14-6-4-3-5-7-14/h3-10,12,19,38H,11,13H2,1-2H3,(H,35,39)(H,33,36,37)(H2,30,31,32,34)/t19-/m1/s1. The summed E-state index contributed by atoms with van der Waals surface area (Å²) in [5, 5.41) is 24.7. The molecule has 0 aliphatic carbocycles. The molecule has 0 bridgehead atoms. The Labute approximate surface area is 221 Å². The molecule has 1 aliphatic heterocycles. The van der Waals surface area contributed by atoms with Crippen LogP contribution in [0.2, 0.25) is 0 Å². The maximum absolute atomic E-state index is 13.1. The molecule has 0 saturated heterocycles. The van der Waals surface area contributed by atoms with Gasteiger partial charge in [0.25, 0.3) is 5.91 Å². The van der Waals surface area contributed by atoms with Gasteiger partial charge in [0.1, 0.15) is 5.82 Å². The number of aromatic nitrogens is 5. The minimum atomic E-state index is -4.72. The molecule has 0 saturated carbocycles. The van der Waals surface area contributed by atoms with E-state index < -0.39 is 18.0 Å². The fraction of sp³-hybridized carbons (Fsp3) is 0.269. The third kappa shape index (κ3) is 5.67. The van der Waals surface area contributed by atoms with E-state index in [2.05, 4.69) is 36.0 Å². The van der Waals surface area contributed by atoms with Gasteiger partial charge in [0.05, 0.1) is 18.2 Å². The van der Waals surface area contributed by atoms with Crippen LogP contribution < -0.4 is 16.0 Å². The van der Waals surface area contributed by atoms with E-state index >= 15 is 0 Å². The van der Waals surface area contributed by atoms with Crippen molar-refractivity contribution in [2.75, 3.05) is 17.2 Å². The summed E-state index contributed by atoms with van der Waals surface area (Å²) in [5.74, 6) is -1.52.